The first-order chi connectivity index (χ1) is 14.0. The number of morpholine rings is 1. The lowest BCUT2D eigenvalue weighted by molar-refractivity contribution is -0.160. The van der Waals surface area contributed by atoms with Crippen molar-refractivity contribution < 1.29 is 19.0 Å². The Morgan fingerprint density at radius 2 is 2.07 bits per heavy atom. The monoisotopic (exact) mass is 393 g/mol. The second-order valence-electron chi connectivity index (χ2n) is 7.57. The minimum atomic E-state index is -0.419. The maximum atomic E-state index is 13.1. The Kier molecular flexibility index (Phi) is 5.22. The highest BCUT2D eigenvalue weighted by atomic mass is 16.6. The van der Waals surface area contributed by atoms with E-state index in [1.165, 1.54) is 6.20 Å². The molecule has 3 heterocycles. The van der Waals surface area contributed by atoms with E-state index in [9.17, 15) is 4.79 Å². The molecule has 3 atom stereocenters. The van der Waals surface area contributed by atoms with Crippen LogP contribution in [-0.4, -0.2) is 53.3 Å². The average Bonchev–Trinajstić information content (AvgIpc) is 3.07. The highest BCUT2D eigenvalue weighted by Crippen LogP contribution is 2.35. The largest absolute Gasteiger partial charge is 0.439 e. The van der Waals surface area contributed by atoms with Crippen molar-refractivity contribution in [2.75, 3.05) is 19.7 Å². The van der Waals surface area contributed by atoms with Gasteiger partial charge in [0.25, 0.3) is 5.91 Å². The van der Waals surface area contributed by atoms with Gasteiger partial charge in [0.2, 0.25) is 5.88 Å². The van der Waals surface area contributed by atoms with Gasteiger partial charge in [0.05, 0.1) is 24.3 Å². The summed E-state index contributed by atoms with van der Waals surface area (Å²) in [4.78, 5) is 19.0. The molecule has 2 aliphatic heterocycles. The van der Waals surface area contributed by atoms with E-state index >= 15 is 0 Å². The van der Waals surface area contributed by atoms with Crippen LogP contribution in [0.2, 0.25) is 0 Å². The fraction of sp³-hybridized carbons (Fsp3) is 0.409. The molecule has 0 saturated carbocycles. The Hall–Kier alpha value is -2.95. The molecule has 150 valence electrons. The van der Waals surface area contributed by atoms with E-state index in [2.05, 4.69) is 4.98 Å². The van der Waals surface area contributed by atoms with Gasteiger partial charge in [0.1, 0.15) is 17.4 Å². The van der Waals surface area contributed by atoms with E-state index < -0.39 is 5.60 Å². The van der Waals surface area contributed by atoms with Crippen molar-refractivity contribution in [2.45, 2.75) is 38.1 Å². The van der Waals surface area contributed by atoms with Crippen LogP contribution in [0.1, 0.15) is 36.2 Å². The quantitative estimate of drug-likeness (QED) is 0.796. The van der Waals surface area contributed by atoms with Gasteiger partial charge in [-0.05, 0) is 44.2 Å². The molecule has 0 N–H and O–H groups in total. The summed E-state index contributed by atoms with van der Waals surface area (Å²) in [5.74, 6) is 0.937. The Balaban J connectivity index is 1.45. The Labute approximate surface area is 169 Å². The van der Waals surface area contributed by atoms with E-state index in [0.29, 0.717) is 42.5 Å². The molecule has 2 aliphatic rings. The normalized spacial score (nSPS) is 26.3. The third kappa shape index (κ3) is 3.95. The van der Waals surface area contributed by atoms with Gasteiger partial charge in [-0.1, -0.05) is 0 Å². The summed E-state index contributed by atoms with van der Waals surface area (Å²) in [7, 11) is 0. The highest BCUT2D eigenvalue weighted by Gasteiger charge is 2.48. The number of amides is 1. The molecule has 2 aromatic rings. The summed E-state index contributed by atoms with van der Waals surface area (Å²) >= 11 is 0. The van der Waals surface area contributed by atoms with Crippen LogP contribution in [0.3, 0.4) is 0 Å². The summed E-state index contributed by atoms with van der Waals surface area (Å²) in [6.07, 6.45) is 2.18. The fourth-order valence-corrected chi connectivity index (χ4v) is 3.93. The van der Waals surface area contributed by atoms with Crippen molar-refractivity contribution in [1.29, 1.82) is 5.26 Å². The molecule has 0 bridgehead atoms. The number of hydrogen-bond donors (Lipinski definition) is 0. The molecule has 2 fully saturated rings. The lowest BCUT2D eigenvalue weighted by Crippen LogP contribution is -2.59. The molecule has 7 nitrogen and oxygen atoms in total. The third-order valence-corrected chi connectivity index (χ3v) is 5.48. The van der Waals surface area contributed by atoms with Crippen LogP contribution >= 0.6 is 0 Å². The molecular formula is C22H23N3O4. The minimum absolute atomic E-state index is 0.0262. The SMILES string of the molecule is CC1CN(C(=O)c2ccc(Oc3ccc(C#N)cn3)cc2)CC2(CCOC2C)O1. The smallest absolute Gasteiger partial charge is 0.254 e. The first kappa shape index (κ1) is 19.4. The molecule has 1 amide bonds. The number of nitrogens with zero attached hydrogens (tertiary/aromatic N) is 3. The first-order valence-corrected chi connectivity index (χ1v) is 9.72. The third-order valence-electron chi connectivity index (χ3n) is 5.48. The Morgan fingerprint density at radius 1 is 1.28 bits per heavy atom. The van der Waals surface area contributed by atoms with Gasteiger partial charge >= 0.3 is 0 Å². The number of carbonyl (C=O) groups is 1. The molecule has 29 heavy (non-hydrogen) atoms. The summed E-state index contributed by atoms with van der Waals surface area (Å²) in [6.45, 7) is 5.75. The van der Waals surface area contributed by atoms with Crippen LogP contribution in [0.15, 0.2) is 42.6 Å². The van der Waals surface area contributed by atoms with Crippen molar-refractivity contribution in [3.8, 4) is 17.7 Å². The van der Waals surface area contributed by atoms with Gasteiger partial charge in [0.15, 0.2) is 0 Å². The van der Waals surface area contributed by atoms with Crippen LogP contribution in [0.5, 0.6) is 11.6 Å². The van der Waals surface area contributed by atoms with Crippen LogP contribution in [-0.2, 0) is 9.47 Å². The van der Waals surface area contributed by atoms with Crippen molar-refractivity contribution in [3.05, 3.63) is 53.7 Å². The molecule has 0 radical (unpaired) electrons. The predicted molar refractivity (Wildman–Crippen MR) is 105 cm³/mol. The molecule has 3 unspecified atom stereocenters. The average molecular weight is 393 g/mol. The van der Waals surface area contributed by atoms with Gasteiger partial charge in [-0.2, -0.15) is 5.26 Å². The number of carbonyl (C=O) groups excluding carboxylic acids is 1. The zero-order chi connectivity index (χ0) is 20.4. The second kappa shape index (κ2) is 7.82. The van der Waals surface area contributed by atoms with Crippen LogP contribution in [0, 0.1) is 11.3 Å². The minimum Gasteiger partial charge on any atom is -0.439 e. The zero-order valence-electron chi connectivity index (χ0n) is 16.5. The van der Waals surface area contributed by atoms with E-state index in [-0.39, 0.29) is 18.1 Å². The lowest BCUT2D eigenvalue weighted by atomic mass is 9.92. The molecule has 1 aromatic heterocycles. The summed E-state index contributed by atoms with van der Waals surface area (Å²) in [5.41, 5.74) is 0.649. The van der Waals surface area contributed by atoms with E-state index in [1.54, 1.807) is 36.4 Å². The highest BCUT2D eigenvalue weighted by molar-refractivity contribution is 5.94. The summed E-state index contributed by atoms with van der Waals surface area (Å²) in [6, 6.07) is 12.3. The lowest BCUT2D eigenvalue weighted by Gasteiger charge is -2.45. The molecule has 1 spiro atoms. The number of aromatic nitrogens is 1. The van der Waals surface area contributed by atoms with Crippen molar-refractivity contribution in [2.24, 2.45) is 0 Å². The van der Waals surface area contributed by atoms with Crippen LogP contribution < -0.4 is 4.74 Å². The standard InChI is InChI=1S/C22H23N3O4/c1-15-13-25(14-22(29-15)9-10-27-16(22)2)21(26)18-4-6-19(7-5-18)28-20-8-3-17(11-23)12-24-20/h3-8,12,15-16H,9-10,13-14H2,1-2H3. The second-order valence-corrected chi connectivity index (χ2v) is 7.57. The van der Waals surface area contributed by atoms with Crippen molar-refractivity contribution >= 4 is 5.91 Å². The van der Waals surface area contributed by atoms with Crippen LogP contribution in [0.4, 0.5) is 0 Å². The molecule has 0 aliphatic carbocycles. The van der Waals surface area contributed by atoms with Gasteiger partial charge < -0.3 is 19.1 Å². The molecule has 1 aromatic carbocycles. The number of hydrogen-bond acceptors (Lipinski definition) is 6. The molecular weight excluding hydrogens is 370 g/mol. The first-order valence-electron chi connectivity index (χ1n) is 9.72. The van der Waals surface area contributed by atoms with Crippen molar-refractivity contribution in [3.63, 3.8) is 0 Å². The summed E-state index contributed by atoms with van der Waals surface area (Å²) < 4.78 is 17.6. The van der Waals surface area contributed by atoms with E-state index in [0.717, 1.165) is 6.42 Å². The number of nitriles is 1. The van der Waals surface area contributed by atoms with E-state index in [4.69, 9.17) is 19.5 Å². The van der Waals surface area contributed by atoms with Gasteiger partial charge in [0, 0.05) is 37.4 Å². The van der Waals surface area contributed by atoms with Crippen molar-refractivity contribution in [1.82, 2.24) is 9.88 Å². The molecule has 4 rings (SSSR count). The summed E-state index contributed by atoms with van der Waals surface area (Å²) in [5, 5.41) is 8.83. The van der Waals surface area contributed by atoms with Gasteiger partial charge in [-0.3, -0.25) is 4.79 Å². The molecule has 7 heteroatoms. The predicted octanol–water partition coefficient (Wildman–Crippen LogP) is 3.15. The zero-order valence-corrected chi connectivity index (χ0v) is 16.5. The Bertz CT molecular complexity index is 923. The maximum absolute atomic E-state index is 13.1. The topological polar surface area (TPSA) is 84.7 Å². The maximum Gasteiger partial charge on any atom is 0.254 e. The number of benzene rings is 1. The van der Waals surface area contributed by atoms with Gasteiger partial charge in [-0.15, -0.1) is 0 Å². The van der Waals surface area contributed by atoms with E-state index in [1.807, 2.05) is 24.8 Å². The number of rotatable bonds is 3. The number of ether oxygens (including phenoxy) is 3. The molecule has 2 saturated heterocycles. The Morgan fingerprint density at radius 3 is 2.69 bits per heavy atom. The van der Waals surface area contributed by atoms with Gasteiger partial charge in [-0.25, -0.2) is 4.98 Å². The number of pyridine rings is 1. The fourth-order valence-electron chi connectivity index (χ4n) is 3.93. The van der Waals surface area contributed by atoms with Crippen LogP contribution in [0.25, 0.3) is 0 Å².